The van der Waals surface area contributed by atoms with Crippen molar-refractivity contribution in [3.63, 3.8) is 0 Å². The Hall–Kier alpha value is 0.0200. The lowest BCUT2D eigenvalue weighted by atomic mass is 10.2. The standard InChI is InChI=1S/C6H13NO4S2/c1-13(10,11)7-3-2-6(4-7)5-12(8)9/h6H,2-5H2,1H3,(H,8,9). The zero-order valence-corrected chi connectivity index (χ0v) is 8.97. The van der Waals surface area contributed by atoms with Gasteiger partial charge in [0.15, 0.2) is 11.1 Å². The van der Waals surface area contributed by atoms with Crippen LogP contribution in [0.5, 0.6) is 0 Å². The molecule has 0 aliphatic carbocycles. The van der Waals surface area contributed by atoms with Gasteiger partial charge in [-0.25, -0.2) is 16.9 Å². The van der Waals surface area contributed by atoms with E-state index >= 15 is 0 Å². The average molecular weight is 227 g/mol. The number of hydrogen-bond acceptors (Lipinski definition) is 3. The first kappa shape index (κ1) is 11.1. The molecule has 0 aromatic carbocycles. The van der Waals surface area contributed by atoms with E-state index in [2.05, 4.69) is 0 Å². The molecule has 1 heterocycles. The molecule has 0 spiro atoms. The van der Waals surface area contributed by atoms with Gasteiger partial charge in [0.25, 0.3) is 0 Å². The average Bonchev–Trinajstić information content (AvgIpc) is 2.32. The van der Waals surface area contributed by atoms with Gasteiger partial charge in [0, 0.05) is 13.1 Å². The highest BCUT2D eigenvalue weighted by atomic mass is 32.2. The molecule has 1 aliphatic rings. The van der Waals surface area contributed by atoms with Gasteiger partial charge < -0.3 is 4.55 Å². The summed E-state index contributed by atoms with van der Waals surface area (Å²) in [5.41, 5.74) is 0. The molecule has 13 heavy (non-hydrogen) atoms. The molecule has 0 aromatic heterocycles. The molecule has 0 radical (unpaired) electrons. The predicted octanol–water partition coefficient (Wildman–Crippen LogP) is -0.510. The number of nitrogens with zero attached hydrogens (tertiary/aromatic N) is 1. The summed E-state index contributed by atoms with van der Waals surface area (Å²) >= 11 is -1.82. The molecule has 0 amide bonds. The molecule has 1 N–H and O–H groups in total. The summed E-state index contributed by atoms with van der Waals surface area (Å²) in [6, 6.07) is 0. The maximum Gasteiger partial charge on any atom is 0.211 e. The van der Waals surface area contributed by atoms with E-state index in [4.69, 9.17) is 4.55 Å². The fraction of sp³-hybridized carbons (Fsp3) is 1.00. The summed E-state index contributed by atoms with van der Waals surface area (Å²) in [7, 11) is -3.12. The monoisotopic (exact) mass is 227 g/mol. The lowest BCUT2D eigenvalue weighted by molar-refractivity contribution is 0.467. The van der Waals surface area contributed by atoms with Crippen LogP contribution in [0.15, 0.2) is 0 Å². The van der Waals surface area contributed by atoms with Crippen LogP contribution in [0.4, 0.5) is 0 Å². The Morgan fingerprint density at radius 1 is 1.62 bits per heavy atom. The Morgan fingerprint density at radius 2 is 2.23 bits per heavy atom. The zero-order chi connectivity index (χ0) is 10.1. The second-order valence-electron chi connectivity index (χ2n) is 3.26. The second kappa shape index (κ2) is 4.04. The minimum atomic E-state index is -3.12. The van der Waals surface area contributed by atoms with E-state index in [9.17, 15) is 12.6 Å². The number of rotatable bonds is 3. The van der Waals surface area contributed by atoms with Crippen LogP contribution in [0.25, 0.3) is 0 Å². The molecule has 0 bridgehead atoms. The van der Waals surface area contributed by atoms with E-state index in [1.54, 1.807) is 0 Å². The lowest BCUT2D eigenvalue weighted by Gasteiger charge is -2.11. The SMILES string of the molecule is CS(=O)(=O)N1CCC(CS(=O)O)C1. The van der Waals surface area contributed by atoms with Crippen LogP contribution < -0.4 is 0 Å². The summed E-state index contributed by atoms with van der Waals surface area (Å²) in [4.78, 5) is 0. The third-order valence-corrected chi connectivity index (χ3v) is 4.12. The van der Waals surface area contributed by atoms with Crippen molar-refractivity contribution in [2.45, 2.75) is 6.42 Å². The van der Waals surface area contributed by atoms with Crippen LogP contribution in [0.2, 0.25) is 0 Å². The number of sulfonamides is 1. The van der Waals surface area contributed by atoms with Crippen LogP contribution in [-0.4, -0.2) is 46.6 Å². The summed E-state index contributed by atoms with van der Waals surface area (Å²) in [5.74, 6) is 0.201. The molecular weight excluding hydrogens is 214 g/mol. The van der Waals surface area contributed by atoms with E-state index in [1.807, 2.05) is 0 Å². The third-order valence-electron chi connectivity index (χ3n) is 2.10. The van der Waals surface area contributed by atoms with E-state index in [0.29, 0.717) is 19.5 Å². The lowest BCUT2D eigenvalue weighted by Crippen LogP contribution is -2.28. The fourth-order valence-electron chi connectivity index (χ4n) is 1.44. The maximum absolute atomic E-state index is 11.1. The highest BCUT2D eigenvalue weighted by Crippen LogP contribution is 2.18. The van der Waals surface area contributed by atoms with Crippen molar-refractivity contribution < 1.29 is 17.2 Å². The van der Waals surface area contributed by atoms with Crippen LogP contribution in [0, 0.1) is 5.92 Å². The van der Waals surface area contributed by atoms with Gasteiger partial charge in [-0.15, -0.1) is 0 Å². The Kier molecular flexibility index (Phi) is 3.44. The van der Waals surface area contributed by atoms with E-state index < -0.39 is 21.1 Å². The largest absolute Gasteiger partial charge is 0.306 e. The van der Waals surface area contributed by atoms with Gasteiger partial charge in [-0.1, -0.05) is 0 Å². The molecule has 1 fully saturated rings. The van der Waals surface area contributed by atoms with E-state index in [-0.39, 0.29) is 11.7 Å². The van der Waals surface area contributed by atoms with Gasteiger partial charge in [0.05, 0.1) is 12.0 Å². The first-order valence-electron chi connectivity index (χ1n) is 3.92. The minimum Gasteiger partial charge on any atom is -0.306 e. The molecule has 2 unspecified atom stereocenters. The summed E-state index contributed by atoms with van der Waals surface area (Å²) in [6.45, 7) is 0.853. The van der Waals surface area contributed by atoms with Crippen LogP contribution in [0.1, 0.15) is 6.42 Å². The van der Waals surface area contributed by atoms with Crippen molar-refractivity contribution >= 4 is 21.1 Å². The molecule has 1 aliphatic heterocycles. The van der Waals surface area contributed by atoms with Gasteiger partial charge in [0.2, 0.25) is 10.0 Å². The number of hydrogen-bond donors (Lipinski definition) is 1. The zero-order valence-electron chi connectivity index (χ0n) is 7.34. The molecular formula is C6H13NO4S2. The first-order chi connectivity index (χ1) is 5.89. The van der Waals surface area contributed by atoms with Gasteiger partial charge >= 0.3 is 0 Å². The van der Waals surface area contributed by atoms with Gasteiger partial charge in [-0.3, -0.25) is 0 Å². The van der Waals surface area contributed by atoms with Gasteiger partial charge in [-0.05, 0) is 12.3 Å². The minimum absolute atomic E-state index is 0.0283. The van der Waals surface area contributed by atoms with Crippen molar-refractivity contribution in [1.29, 1.82) is 0 Å². The van der Waals surface area contributed by atoms with Crippen molar-refractivity contribution in [2.75, 3.05) is 25.1 Å². The van der Waals surface area contributed by atoms with Crippen molar-refractivity contribution in [1.82, 2.24) is 4.31 Å². The van der Waals surface area contributed by atoms with Gasteiger partial charge in [0.1, 0.15) is 0 Å². The highest BCUT2D eigenvalue weighted by molar-refractivity contribution is 7.88. The third kappa shape index (κ3) is 3.34. The Labute approximate surface area is 80.5 Å². The molecule has 1 saturated heterocycles. The van der Waals surface area contributed by atoms with Crippen molar-refractivity contribution in [3.8, 4) is 0 Å². The molecule has 2 atom stereocenters. The summed E-state index contributed by atoms with van der Waals surface area (Å²) in [5, 5.41) is 0. The van der Waals surface area contributed by atoms with Gasteiger partial charge in [-0.2, -0.15) is 0 Å². The maximum atomic E-state index is 11.1. The first-order valence-corrected chi connectivity index (χ1v) is 7.04. The van der Waals surface area contributed by atoms with Crippen molar-refractivity contribution in [2.24, 2.45) is 5.92 Å². The van der Waals surface area contributed by atoms with Crippen LogP contribution in [-0.2, 0) is 21.1 Å². The topological polar surface area (TPSA) is 74.7 Å². The van der Waals surface area contributed by atoms with Crippen molar-refractivity contribution in [3.05, 3.63) is 0 Å². The molecule has 0 aromatic rings. The molecule has 5 nitrogen and oxygen atoms in total. The normalized spacial score (nSPS) is 27.7. The highest BCUT2D eigenvalue weighted by Gasteiger charge is 2.29. The molecule has 7 heteroatoms. The second-order valence-corrected chi connectivity index (χ2v) is 6.22. The smallest absolute Gasteiger partial charge is 0.211 e. The quantitative estimate of drug-likeness (QED) is 0.659. The van der Waals surface area contributed by atoms with Crippen LogP contribution >= 0.6 is 0 Å². The Morgan fingerprint density at radius 3 is 2.62 bits per heavy atom. The fourth-order valence-corrected chi connectivity index (χ4v) is 3.03. The summed E-state index contributed by atoms with van der Waals surface area (Å²) in [6.07, 6.45) is 1.84. The predicted molar refractivity (Wildman–Crippen MR) is 50.2 cm³/mol. The van der Waals surface area contributed by atoms with Crippen LogP contribution in [0.3, 0.4) is 0 Å². The summed E-state index contributed by atoms with van der Waals surface area (Å²) < 4.78 is 42.5. The van der Waals surface area contributed by atoms with E-state index in [1.165, 1.54) is 4.31 Å². The molecule has 1 rings (SSSR count). The van der Waals surface area contributed by atoms with E-state index in [0.717, 1.165) is 6.26 Å². The Bertz CT molecular complexity index is 300. The molecule has 78 valence electrons. The Balaban J connectivity index is 2.50. The molecule has 0 saturated carbocycles.